The van der Waals surface area contributed by atoms with Crippen molar-refractivity contribution in [2.75, 3.05) is 23.9 Å². The molecule has 0 bridgehead atoms. The Morgan fingerprint density at radius 3 is 2.63 bits per heavy atom. The van der Waals surface area contributed by atoms with E-state index in [0.29, 0.717) is 16.7 Å². The molecule has 0 spiro atoms. The van der Waals surface area contributed by atoms with Crippen LogP contribution in [0.15, 0.2) is 47.5 Å². The molecule has 1 aliphatic heterocycles. The maximum absolute atomic E-state index is 12.6. The van der Waals surface area contributed by atoms with Crippen molar-refractivity contribution in [1.29, 1.82) is 10.5 Å². The number of fused-ring (bicyclic) bond motifs is 1. The lowest BCUT2D eigenvalue weighted by Crippen LogP contribution is -2.32. The molecular weight excluding hydrogens is 472 g/mol. The molecule has 4 rings (SSSR count). The minimum atomic E-state index is -0.854. The number of aliphatic imine (C=N–C) groups is 1. The van der Waals surface area contributed by atoms with Gasteiger partial charge >= 0.3 is 5.97 Å². The van der Waals surface area contributed by atoms with E-state index in [1.165, 1.54) is 13.2 Å². The molecule has 0 amide bonds. The normalized spacial score (nSPS) is 13.8. The maximum atomic E-state index is 12.6. The summed E-state index contributed by atoms with van der Waals surface area (Å²) in [6.45, 7) is 0. The minimum absolute atomic E-state index is 0.00563. The first-order valence-electron chi connectivity index (χ1n) is 10.0. The minimum Gasteiger partial charge on any atom is -0.493 e. The third-order valence-electron chi connectivity index (χ3n) is 5.13. The fraction of sp³-hybridized carbons (Fsp3) is 0.0870. The van der Waals surface area contributed by atoms with Crippen LogP contribution < -0.4 is 31.6 Å². The highest BCUT2D eigenvalue weighted by Gasteiger charge is 2.31. The molecule has 0 radical (unpaired) electrons. The van der Waals surface area contributed by atoms with Gasteiger partial charge in [0.25, 0.3) is 0 Å². The number of rotatable bonds is 4. The van der Waals surface area contributed by atoms with Crippen molar-refractivity contribution >= 4 is 40.9 Å². The van der Waals surface area contributed by atoms with Gasteiger partial charge in [-0.2, -0.15) is 10.5 Å². The summed E-state index contributed by atoms with van der Waals surface area (Å²) in [5, 5.41) is 23.9. The van der Waals surface area contributed by atoms with E-state index in [2.05, 4.69) is 20.6 Å². The summed E-state index contributed by atoms with van der Waals surface area (Å²) < 4.78 is 10.9. The SMILES string of the molecule is COc1cc(C2N=C(NC#N)Nc3nc(N)c(C#N)c(N)c32)cc(Cl)c1OC(=O)c1ccccc1. The van der Waals surface area contributed by atoms with Gasteiger partial charge in [0, 0.05) is 5.56 Å². The Kier molecular flexibility index (Phi) is 6.27. The molecular formula is C23H17ClN8O3. The molecule has 1 unspecified atom stereocenters. The monoisotopic (exact) mass is 488 g/mol. The highest BCUT2D eigenvalue weighted by atomic mass is 35.5. The molecule has 6 N–H and O–H groups in total. The third-order valence-corrected chi connectivity index (χ3v) is 5.41. The van der Waals surface area contributed by atoms with Gasteiger partial charge in [-0.3, -0.25) is 5.32 Å². The molecule has 12 heteroatoms. The zero-order valence-corrected chi connectivity index (χ0v) is 18.9. The molecule has 35 heavy (non-hydrogen) atoms. The van der Waals surface area contributed by atoms with Crippen LogP contribution in [0.4, 0.5) is 17.3 Å². The van der Waals surface area contributed by atoms with Crippen molar-refractivity contribution in [1.82, 2.24) is 10.3 Å². The molecule has 2 heterocycles. The molecule has 2 aromatic carbocycles. The van der Waals surface area contributed by atoms with Crippen molar-refractivity contribution in [2.24, 2.45) is 4.99 Å². The predicted molar refractivity (Wildman–Crippen MR) is 129 cm³/mol. The van der Waals surface area contributed by atoms with Crippen LogP contribution in [0, 0.1) is 22.8 Å². The van der Waals surface area contributed by atoms with E-state index in [0.717, 1.165) is 0 Å². The number of nitrogens with one attached hydrogen (secondary N) is 2. The number of anilines is 3. The van der Waals surface area contributed by atoms with Crippen LogP contribution in [0.5, 0.6) is 11.5 Å². The second kappa shape index (κ2) is 9.47. The van der Waals surface area contributed by atoms with Crippen LogP contribution in [-0.4, -0.2) is 24.0 Å². The Morgan fingerprint density at radius 2 is 1.97 bits per heavy atom. The zero-order valence-electron chi connectivity index (χ0n) is 18.2. The van der Waals surface area contributed by atoms with Crippen LogP contribution in [0.25, 0.3) is 0 Å². The smallest absolute Gasteiger partial charge is 0.343 e. The van der Waals surface area contributed by atoms with Gasteiger partial charge in [-0.25, -0.2) is 14.8 Å². The number of carbonyl (C=O) groups is 1. The third kappa shape index (κ3) is 4.31. The summed E-state index contributed by atoms with van der Waals surface area (Å²) in [4.78, 5) is 21.3. The molecule has 0 saturated carbocycles. The number of carbonyl (C=O) groups excluding carboxylic acids is 1. The Morgan fingerprint density at radius 1 is 1.23 bits per heavy atom. The molecule has 1 atom stereocenters. The van der Waals surface area contributed by atoms with Crippen molar-refractivity contribution < 1.29 is 14.3 Å². The standard InChI is InChI=1S/C23H17ClN8O3/c1-34-15-8-12(7-14(24)19(15)35-22(33)11-5-3-2-4-6-11)18-16-17(27)13(9-25)20(28)31-21(16)32-23(30-18)29-10-26/h2-8,18H,1H3,(H6,27,28,29,30,31,32). The number of nitrogens with zero attached hydrogens (tertiary/aromatic N) is 4. The van der Waals surface area contributed by atoms with Crippen molar-refractivity contribution in [2.45, 2.75) is 6.04 Å². The van der Waals surface area contributed by atoms with Gasteiger partial charge in [-0.1, -0.05) is 29.8 Å². The summed E-state index contributed by atoms with van der Waals surface area (Å²) >= 11 is 6.50. The molecule has 0 aliphatic carbocycles. The van der Waals surface area contributed by atoms with Gasteiger partial charge in [0.1, 0.15) is 29.3 Å². The van der Waals surface area contributed by atoms with Gasteiger partial charge in [-0.15, -0.1) is 0 Å². The Balaban J connectivity index is 1.82. The molecule has 1 aromatic heterocycles. The van der Waals surface area contributed by atoms with Crippen molar-refractivity contribution in [3.05, 3.63) is 69.7 Å². The summed E-state index contributed by atoms with van der Waals surface area (Å²) in [5.41, 5.74) is 13.4. The highest BCUT2D eigenvalue weighted by molar-refractivity contribution is 6.32. The number of esters is 1. The van der Waals surface area contributed by atoms with E-state index >= 15 is 0 Å². The lowest BCUT2D eigenvalue weighted by atomic mass is 9.95. The molecule has 0 fully saturated rings. The molecule has 3 aromatic rings. The van der Waals surface area contributed by atoms with Crippen LogP contribution in [0.3, 0.4) is 0 Å². The van der Waals surface area contributed by atoms with E-state index in [4.69, 9.17) is 37.8 Å². The number of guanidine groups is 1. The fourth-order valence-corrected chi connectivity index (χ4v) is 3.80. The number of ether oxygens (including phenoxy) is 2. The summed E-state index contributed by atoms with van der Waals surface area (Å²) in [6, 6.07) is 12.6. The maximum Gasteiger partial charge on any atom is 0.343 e. The number of nitriles is 2. The van der Waals surface area contributed by atoms with Gasteiger partial charge in [0.05, 0.1) is 23.4 Å². The van der Waals surface area contributed by atoms with Crippen LogP contribution >= 0.6 is 11.6 Å². The lowest BCUT2D eigenvalue weighted by Gasteiger charge is -2.26. The van der Waals surface area contributed by atoms with E-state index in [1.54, 1.807) is 42.6 Å². The first-order valence-corrected chi connectivity index (χ1v) is 10.4. The fourth-order valence-electron chi connectivity index (χ4n) is 3.54. The van der Waals surface area contributed by atoms with Crippen LogP contribution in [0.2, 0.25) is 5.02 Å². The number of pyridine rings is 1. The average molecular weight is 489 g/mol. The summed E-state index contributed by atoms with van der Waals surface area (Å²) in [5.74, 6) is -0.230. The average Bonchev–Trinajstić information content (AvgIpc) is 2.85. The number of aromatic nitrogens is 1. The quantitative estimate of drug-likeness (QED) is 0.184. The summed E-state index contributed by atoms with van der Waals surface area (Å²) in [7, 11) is 1.39. The zero-order chi connectivity index (χ0) is 25.1. The van der Waals surface area contributed by atoms with Crippen molar-refractivity contribution in [3.8, 4) is 23.8 Å². The Labute approximate surface area is 204 Å². The van der Waals surface area contributed by atoms with Gasteiger partial charge < -0.3 is 26.3 Å². The number of hydrogen-bond acceptors (Lipinski definition) is 11. The van der Waals surface area contributed by atoms with Crippen LogP contribution in [0.1, 0.15) is 33.1 Å². The molecule has 1 aliphatic rings. The highest BCUT2D eigenvalue weighted by Crippen LogP contribution is 2.45. The van der Waals surface area contributed by atoms with Gasteiger partial charge in [-0.05, 0) is 29.8 Å². The van der Waals surface area contributed by atoms with Gasteiger partial charge in [0.15, 0.2) is 17.7 Å². The number of benzene rings is 2. The van der Waals surface area contributed by atoms with Gasteiger partial charge in [0.2, 0.25) is 5.96 Å². The number of nitrogen functional groups attached to an aromatic ring is 2. The predicted octanol–water partition coefficient (Wildman–Crippen LogP) is 2.94. The number of hydrogen-bond donors (Lipinski definition) is 4. The molecule has 11 nitrogen and oxygen atoms in total. The second-order valence-electron chi connectivity index (χ2n) is 7.19. The van der Waals surface area contributed by atoms with Crippen LogP contribution in [-0.2, 0) is 0 Å². The Hall–Kier alpha value is -5.00. The first-order chi connectivity index (χ1) is 16.9. The topological polar surface area (TPSA) is 184 Å². The lowest BCUT2D eigenvalue weighted by molar-refractivity contribution is 0.0730. The summed E-state index contributed by atoms with van der Waals surface area (Å²) in [6.07, 6.45) is 1.78. The van der Waals surface area contributed by atoms with E-state index < -0.39 is 12.0 Å². The first kappa shape index (κ1) is 23.2. The number of methoxy groups -OCH3 is 1. The van der Waals surface area contributed by atoms with Crippen molar-refractivity contribution in [3.63, 3.8) is 0 Å². The van der Waals surface area contributed by atoms with E-state index in [-0.39, 0.29) is 45.4 Å². The Bertz CT molecular complexity index is 1440. The van der Waals surface area contributed by atoms with E-state index in [9.17, 15) is 10.1 Å². The van der Waals surface area contributed by atoms with E-state index in [1.807, 2.05) is 6.07 Å². The molecule has 0 saturated heterocycles. The number of halogens is 1. The second-order valence-corrected chi connectivity index (χ2v) is 7.60. The largest absolute Gasteiger partial charge is 0.493 e. The molecule has 174 valence electrons. The number of nitrogens with two attached hydrogens (primary N) is 2.